The number of fused-ring (bicyclic) bond motifs is 1. The van der Waals surface area contributed by atoms with Crippen LogP contribution in [0.4, 0.5) is 0 Å². The Bertz CT molecular complexity index is 427. The third kappa shape index (κ3) is 2.36. The highest BCUT2D eigenvalue weighted by Crippen LogP contribution is 2.40. The van der Waals surface area contributed by atoms with Gasteiger partial charge in [0, 0.05) is 0 Å². The lowest BCUT2D eigenvalue weighted by molar-refractivity contribution is 0.382. The topological polar surface area (TPSA) is 23.8 Å². The van der Waals surface area contributed by atoms with E-state index in [-0.39, 0.29) is 5.41 Å². The molecule has 1 aliphatic carbocycles. The van der Waals surface area contributed by atoms with Crippen molar-refractivity contribution in [3.8, 4) is 6.07 Å². The van der Waals surface area contributed by atoms with Crippen LogP contribution in [0, 0.1) is 17.2 Å². The molecule has 1 aliphatic rings. The molecule has 0 N–H and O–H groups in total. The second kappa shape index (κ2) is 4.92. The van der Waals surface area contributed by atoms with Crippen molar-refractivity contribution in [3.63, 3.8) is 0 Å². The maximum absolute atomic E-state index is 9.65. The minimum Gasteiger partial charge on any atom is -0.197 e. The molecule has 0 bridgehead atoms. The Morgan fingerprint density at radius 1 is 1.35 bits per heavy atom. The molecule has 1 aromatic rings. The number of rotatable bonds is 3. The summed E-state index contributed by atoms with van der Waals surface area (Å²) in [5, 5.41) is 9.65. The Morgan fingerprint density at radius 3 is 2.82 bits per heavy atom. The van der Waals surface area contributed by atoms with E-state index in [9.17, 15) is 5.26 Å². The van der Waals surface area contributed by atoms with Crippen molar-refractivity contribution in [2.75, 3.05) is 0 Å². The molecule has 0 saturated carbocycles. The van der Waals surface area contributed by atoms with Gasteiger partial charge in [-0.3, -0.25) is 0 Å². The predicted molar refractivity (Wildman–Crippen MR) is 70.7 cm³/mol. The fourth-order valence-corrected chi connectivity index (χ4v) is 2.89. The summed E-state index contributed by atoms with van der Waals surface area (Å²) in [5.74, 6) is 0.675. The lowest BCUT2D eigenvalue weighted by Crippen LogP contribution is -2.29. The largest absolute Gasteiger partial charge is 0.197 e. The average Bonchev–Trinajstić information content (AvgIpc) is 2.36. The first kappa shape index (κ1) is 12.2. The Kier molecular flexibility index (Phi) is 3.52. The van der Waals surface area contributed by atoms with Gasteiger partial charge in [0.1, 0.15) is 0 Å². The molecule has 2 rings (SSSR count). The number of nitriles is 1. The highest BCUT2D eigenvalue weighted by atomic mass is 14.4. The van der Waals surface area contributed by atoms with E-state index in [1.54, 1.807) is 0 Å². The molecule has 0 amide bonds. The first-order chi connectivity index (χ1) is 8.18. The van der Waals surface area contributed by atoms with Crippen LogP contribution in [0.5, 0.6) is 0 Å². The van der Waals surface area contributed by atoms with Crippen LogP contribution in [-0.4, -0.2) is 0 Å². The summed E-state index contributed by atoms with van der Waals surface area (Å²) in [6.07, 6.45) is 5.48. The Hall–Kier alpha value is -1.29. The van der Waals surface area contributed by atoms with Crippen LogP contribution < -0.4 is 0 Å². The molecule has 0 fully saturated rings. The molecule has 1 heteroatoms. The van der Waals surface area contributed by atoms with E-state index in [2.05, 4.69) is 44.2 Å². The third-order valence-electron chi connectivity index (χ3n) is 3.95. The number of nitrogens with zero attached hydrogens (tertiary/aromatic N) is 1. The van der Waals surface area contributed by atoms with Crippen molar-refractivity contribution in [2.24, 2.45) is 5.92 Å². The summed E-state index contributed by atoms with van der Waals surface area (Å²) >= 11 is 0. The van der Waals surface area contributed by atoms with E-state index in [4.69, 9.17) is 0 Å². The molecule has 90 valence electrons. The van der Waals surface area contributed by atoms with Crippen LogP contribution in [0.1, 0.15) is 50.7 Å². The summed E-state index contributed by atoms with van der Waals surface area (Å²) in [6, 6.07) is 11.2. The second-order valence-corrected chi connectivity index (χ2v) is 5.64. The molecule has 0 spiro atoms. The first-order valence-corrected chi connectivity index (χ1v) is 6.67. The first-order valence-electron chi connectivity index (χ1n) is 6.67. The minimum atomic E-state index is -0.209. The highest BCUT2D eigenvalue weighted by molar-refractivity contribution is 5.41. The van der Waals surface area contributed by atoms with Crippen LogP contribution in [0.2, 0.25) is 0 Å². The fourth-order valence-electron chi connectivity index (χ4n) is 2.89. The van der Waals surface area contributed by atoms with E-state index in [1.807, 2.05) is 0 Å². The zero-order chi connectivity index (χ0) is 12.3. The van der Waals surface area contributed by atoms with Crippen molar-refractivity contribution < 1.29 is 0 Å². The van der Waals surface area contributed by atoms with Crippen molar-refractivity contribution in [2.45, 2.75) is 51.4 Å². The summed E-state index contributed by atoms with van der Waals surface area (Å²) < 4.78 is 0. The van der Waals surface area contributed by atoms with Gasteiger partial charge < -0.3 is 0 Å². The molecule has 0 saturated heterocycles. The van der Waals surface area contributed by atoms with E-state index in [0.29, 0.717) is 5.92 Å². The molecule has 1 nitrogen and oxygen atoms in total. The molecule has 1 unspecified atom stereocenters. The number of benzene rings is 1. The van der Waals surface area contributed by atoms with Crippen LogP contribution in [0.15, 0.2) is 24.3 Å². The zero-order valence-electron chi connectivity index (χ0n) is 10.9. The molecule has 1 aromatic carbocycles. The fraction of sp³-hybridized carbons (Fsp3) is 0.562. The van der Waals surface area contributed by atoms with Crippen LogP contribution in [-0.2, 0) is 11.8 Å². The zero-order valence-corrected chi connectivity index (χ0v) is 10.9. The normalized spacial score (nSPS) is 23.2. The van der Waals surface area contributed by atoms with Gasteiger partial charge in [-0.15, -0.1) is 0 Å². The highest BCUT2D eigenvalue weighted by Gasteiger charge is 2.36. The van der Waals surface area contributed by atoms with Gasteiger partial charge in [0.25, 0.3) is 0 Å². The van der Waals surface area contributed by atoms with E-state index in [0.717, 1.165) is 32.1 Å². The average molecular weight is 227 g/mol. The Balaban J connectivity index is 2.33. The lowest BCUT2D eigenvalue weighted by Gasteiger charge is -2.33. The molecular weight excluding hydrogens is 206 g/mol. The van der Waals surface area contributed by atoms with E-state index < -0.39 is 0 Å². The van der Waals surface area contributed by atoms with E-state index >= 15 is 0 Å². The van der Waals surface area contributed by atoms with Gasteiger partial charge in [0.2, 0.25) is 0 Å². The van der Waals surface area contributed by atoms with Crippen molar-refractivity contribution in [1.82, 2.24) is 0 Å². The van der Waals surface area contributed by atoms with Gasteiger partial charge in [-0.1, -0.05) is 38.1 Å². The molecule has 17 heavy (non-hydrogen) atoms. The van der Waals surface area contributed by atoms with Gasteiger partial charge in [-0.2, -0.15) is 5.26 Å². The minimum absolute atomic E-state index is 0.209. The summed E-state index contributed by atoms with van der Waals surface area (Å²) in [4.78, 5) is 0. The van der Waals surface area contributed by atoms with Crippen molar-refractivity contribution >= 4 is 0 Å². The third-order valence-corrected chi connectivity index (χ3v) is 3.95. The summed E-state index contributed by atoms with van der Waals surface area (Å²) in [5.41, 5.74) is 2.48. The lowest BCUT2D eigenvalue weighted by atomic mass is 9.68. The van der Waals surface area contributed by atoms with Gasteiger partial charge in [0.05, 0.1) is 11.5 Å². The molecule has 0 aliphatic heterocycles. The van der Waals surface area contributed by atoms with Crippen molar-refractivity contribution in [1.29, 1.82) is 5.26 Å². The van der Waals surface area contributed by atoms with Crippen LogP contribution in [0.3, 0.4) is 0 Å². The maximum atomic E-state index is 9.65. The number of hydrogen-bond acceptors (Lipinski definition) is 1. The quantitative estimate of drug-likeness (QED) is 0.758. The summed E-state index contributed by atoms with van der Waals surface area (Å²) in [7, 11) is 0. The summed E-state index contributed by atoms with van der Waals surface area (Å²) in [6.45, 7) is 4.47. The van der Waals surface area contributed by atoms with Crippen LogP contribution >= 0.6 is 0 Å². The van der Waals surface area contributed by atoms with Gasteiger partial charge >= 0.3 is 0 Å². The monoisotopic (exact) mass is 227 g/mol. The second-order valence-electron chi connectivity index (χ2n) is 5.64. The molecular formula is C16H21N. The number of hydrogen-bond donors (Lipinski definition) is 0. The molecule has 1 atom stereocenters. The van der Waals surface area contributed by atoms with Crippen molar-refractivity contribution in [3.05, 3.63) is 35.4 Å². The smallest absolute Gasteiger partial charge is 0.0825 e. The Morgan fingerprint density at radius 2 is 2.12 bits per heavy atom. The van der Waals surface area contributed by atoms with E-state index in [1.165, 1.54) is 11.1 Å². The SMILES string of the molecule is CC(C)CCC1(C#N)CCCc2ccccc21. The van der Waals surface area contributed by atoms with Gasteiger partial charge in [0.15, 0.2) is 0 Å². The molecule has 0 heterocycles. The molecule has 0 aromatic heterocycles. The maximum Gasteiger partial charge on any atom is 0.0825 e. The number of aryl methyl sites for hydroxylation is 1. The van der Waals surface area contributed by atoms with Gasteiger partial charge in [-0.25, -0.2) is 0 Å². The van der Waals surface area contributed by atoms with Gasteiger partial charge in [-0.05, 0) is 49.1 Å². The molecule has 0 radical (unpaired) electrons. The predicted octanol–water partition coefficient (Wildman–Crippen LogP) is 4.22. The standard InChI is InChI=1S/C16H21N/c1-13(2)9-11-16(12-17)10-5-7-14-6-3-4-8-15(14)16/h3-4,6,8,13H,5,7,9-11H2,1-2H3. The van der Waals surface area contributed by atoms with Crippen LogP contribution in [0.25, 0.3) is 0 Å². The Labute approximate surface area is 104 Å².